The maximum Gasteiger partial charge on any atom is 0.255 e. The highest BCUT2D eigenvalue weighted by molar-refractivity contribution is 5.97. The fourth-order valence-electron chi connectivity index (χ4n) is 2.31. The summed E-state index contributed by atoms with van der Waals surface area (Å²) in [6.45, 7) is 0.649. The molecular weight excluding hydrogens is 247 g/mol. The Morgan fingerprint density at radius 2 is 2.16 bits per heavy atom. The van der Waals surface area contributed by atoms with Gasteiger partial charge in [-0.25, -0.2) is 4.39 Å². The lowest BCUT2D eigenvalue weighted by molar-refractivity contribution is 0.0933. The van der Waals surface area contributed by atoms with Crippen LogP contribution in [0.5, 0.6) is 5.75 Å². The molecule has 2 rings (SSSR count). The zero-order valence-corrected chi connectivity index (χ0v) is 10.8. The maximum atomic E-state index is 13.3. The van der Waals surface area contributed by atoms with Crippen molar-refractivity contribution in [2.24, 2.45) is 5.73 Å². The lowest BCUT2D eigenvalue weighted by Gasteiger charge is -2.15. The lowest BCUT2D eigenvalue weighted by atomic mass is 10.1. The van der Waals surface area contributed by atoms with E-state index >= 15 is 0 Å². The Morgan fingerprint density at radius 3 is 2.84 bits per heavy atom. The molecule has 0 aliphatic heterocycles. The van der Waals surface area contributed by atoms with Crippen LogP contribution in [0.3, 0.4) is 0 Å². The van der Waals surface area contributed by atoms with Gasteiger partial charge in [0.15, 0.2) is 0 Å². The topological polar surface area (TPSA) is 64.3 Å². The third-order valence-corrected chi connectivity index (χ3v) is 3.25. The summed E-state index contributed by atoms with van der Waals surface area (Å²) in [6, 6.07) is 4.14. The zero-order valence-electron chi connectivity index (χ0n) is 10.8. The number of benzene rings is 1. The number of hydrogen-bond donors (Lipinski definition) is 2. The van der Waals surface area contributed by atoms with Crippen LogP contribution in [0.1, 0.15) is 36.0 Å². The lowest BCUT2D eigenvalue weighted by Crippen LogP contribution is -2.33. The first-order valence-electron chi connectivity index (χ1n) is 6.64. The summed E-state index contributed by atoms with van der Waals surface area (Å²) < 4.78 is 18.7. The molecular formula is C14H19FN2O2. The minimum absolute atomic E-state index is 0.193. The molecule has 0 saturated heterocycles. The number of hydrogen-bond acceptors (Lipinski definition) is 3. The van der Waals surface area contributed by atoms with Crippen LogP contribution in [0.25, 0.3) is 0 Å². The average Bonchev–Trinajstić information content (AvgIpc) is 2.90. The number of halogens is 1. The highest BCUT2D eigenvalue weighted by Crippen LogP contribution is 2.22. The zero-order chi connectivity index (χ0) is 13.7. The van der Waals surface area contributed by atoms with Gasteiger partial charge in [-0.1, -0.05) is 12.8 Å². The molecule has 0 radical (unpaired) electrons. The minimum atomic E-state index is -0.448. The van der Waals surface area contributed by atoms with E-state index < -0.39 is 5.82 Å². The predicted octanol–water partition coefficient (Wildman–Crippen LogP) is 1.84. The summed E-state index contributed by atoms with van der Waals surface area (Å²) in [5.41, 5.74) is 5.60. The molecule has 1 aliphatic carbocycles. The summed E-state index contributed by atoms with van der Waals surface area (Å²) in [5, 5.41) is 2.92. The second-order valence-electron chi connectivity index (χ2n) is 4.73. The Labute approximate surface area is 112 Å². The van der Waals surface area contributed by atoms with E-state index in [1.54, 1.807) is 0 Å². The number of rotatable bonds is 5. The van der Waals surface area contributed by atoms with E-state index in [1.807, 2.05) is 0 Å². The third-order valence-electron chi connectivity index (χ3n) is 3.25. The van der Waals surface area contributed by atoms with E-state index in [1.165, 1.54) is 18.2 Å². The monoisotopic (exact) mass is 266 g/mol. The number of carbonyl (C=O) groups excluding carboxylic acids is 1. The molecule has 0 heterocycles. The number of amides is 1. The van der Waals surface area contributed by atoms with Crippen LogP contribution in [0, 0.1) is 5.82 Å². The molecule has 0 atom stereocenters. The predicted molar refractivity (Wildman–Crippen MR) is 70.7 cm³/mol. The van der Waals surface area contributed by atoms with Crippen molar-refractivity contribution in [3.8, 4) is 5.75 Å². The molecule has 1 aliphatic rings. The second-order valence-corrected chi connectivity index (χ2v) is 4.73. The SMILES string of the molecule is NCCOc1ccc(F)cc1C(=O)NC1CCCC1. The van der Waals surface area contributed by atoms with Crippen LogP contribution in [-0.2, 0) is 0 Å². The largest absolute Gasteiger partial charge is 0.491 e. The smallest absolute Gasteiger partial charge is 0.255 e. The minimum Gasteiger partial charge on any atom is -0.491 e. The van der Waals surface area contributed by atoms with E-state index in [9.17, 15) is 9.18 Å². The Hall–Kier alpha value is -1.62. The van der Waals surface area contributed by atoms with Crippen LogP contribution in [0.2, 0.25) is 0 Å². The average molecular weight is 266 g/mol. The summed E-state index contributed by atoms with van der Waals surface area (Å²) in [7, 11) is 0. The first kappa shape index (κ1) is 13.8. The van der Waals surface area contributed by atoms with Gasteiger partial charge in [-0.05, 0) is 31.0 Å². The van der Waals surface area contributed by atoms with Crippen molar-refractivity contribution >= 4 is 5.91 Å². The molecule has 0 spiro atoms. The van der Waals surface area contributed by atoms with Gasteiger partial charge in [0.05, 0.1) is 5.56 Å². The van der Waals surface area contributed by atoms with Crippen molar-refractivity contribution in [2.45, 2.75) is 31.7 Å². The first-order valence-corrected chi connectivity index (χ1v) is 6.64. The Kier molecular flexibility index (Phi) is 4.74. The second kappa shape index (κ2) is 6.52. The molecule has 1 aromatic carbocycles. The van der Waals surface area contributed by atoms with Crippen LogP contribution in [-0.4, -0.2) is 25.1 Å². The van der Waals surface area contributed by atoms with E-state index in [0.717, 1.165) is 25.7 Å². The molecule has 0 unspecified atom stereocenters. The molecule has 1 fully saturated rings. The van der Waals surface area contributed by atoms with Gasteiger partial charge in [0, 0.05) is 12.6 Å². The normalized spacial score (nSPS) is 15.5. The van der Waals surface area contributed by atoms with Gasteiger partial charge in [0.1, 0.15) is 18.2 Å². The Bertz CT molecular complexity index is 445. The van der Waals surface area contributed by atoms with Gasteiger partial charge < -0.3 is 15.8 Å². The van der Waals surface area contributed by atoms with Crippen molar-refractivity contribution in [3.05, 3.63) is 29.6 Å². The van der Waals surface area contributed by atoms with Crippen molar-refractivity contribution in [3.63, 3.8) is 0 Å². The first-order chi connectivity index (χ1) is 9.20. The van der Waals surface area contributed by atoms with E-state index in [-0.39, 0.29) is 17.5 Å². The molecule has 1 saturated carbocycles. The van der Waals surface area contributed by atoms with Crippen LogP contribution in [0.4, 0.5) is 4.39 Å². The van der Waals surface area contributed by atoms with Gasteiger partial charge in [-0.2, -0.15) is 0 Å². The molecule has 5 heteroatoms. The van der Waals surface area contributed by atoms with Crippen molar-refractivity contribution < 1.29 is 13.9 Å². The molecule has 4 nitrogen and oxygen atoms in total. The quantitative estimate of drug-likeness (QED) is 0.854. The molecule has 0 bridgehead atoms. The number of ether oxygens (including phenoxy) is 1. The van der Waals surface area contributed by atoms with Gasteiger partial charge in [0.25, 0.3) is 5.91 Å². The number of nitrogens with two attached hydrogens (primary N) is 1. The number of nitrogens with one attached hydrogen (secondary N) is 1. The maximum absolute atomic E-state index is 13.3. The van der Waals surface area contributed by atoms with Gasteiger partial charge in [0.2, 0.25) is 0 Å². The van der Waals surface area contributed by atoms with Crippen molar-refractivity contribution in [2.75, 3.05) is 13.2 Å². The van der Waals surface area contributed by atoms with E-state index in [2.05, 4.69) is 5.32 Å². The molecule has 1 aromatic rings. The molecule has 1 amide bonds. The summed E-state index contributed by atoms with van der Waals surface area (Å²) in [6.07, 6.45) is 4.23. The fraction of sp³-hybridized carbons (Fsp3) is 0.500. The van der Waals surface area contributed by atoms with Gasteiger partial charge in [-0.15, -0.1) is 0 Å². The van der Waals surface area contributed by atoms with Gasteiger partial charge >= 0.3 is 0 Å². The molecule has 104 valence electrons. The summed E-state index contributed by atoms with van der Waals surface area (Å²) >= 11 is 0. The van der Waals surface area contributed by atoms with Crippen molar-refractivity contribution in [1.82, 2.24) is 5.32 Å². The molecule has 0 aromatic heterocycles. The summed E-state index contributed by atoms with van der Waals surface area (Å²) in [5.74, 6) is -0.350. The third kappa shape index (κ3) is 3.67. The van der Waals surface area contributed by atoms with Crippen LogP contribution in [0.15, 0.2) is 18.2 Å². The standard InChI is InChI=1S/C14H19FN2O2/c15-10-5-6-13(19-8-7-16)12(9-10)14(18)17-11-3-1-2-4-11/h5-6,9,11H,1-4,7-8,16H2,(H,17,18). The highest BCUT2D eigenvalue weighted by atomic mass is 19.1. The van der Waals surface area contributed by atoms with Crippen molar-refractivity contribution in [1.29, 1.82) is 0 Å². The Balaban J connectivity index is 2.11. The van der Waals surface area contributed by atoms with E-state index in [4.69, 9.17) is 10.5 Å². The molecule has 19 heavy (non-hydrogen) atoms. The Morgan fingerprint density at radius 1 is 1.42 bits per heavy atom. The highest BCUT2D eigenvalue weighted by Gasteiger charge is 2.20. The van der Waals surface area contributed by atoms with E-state index in [0.29, 0.717) is 18.9 Å². The molecule has 3 N–H and O–H groups in total. The fourth-order valence-corrected chi connectivity index (χ4v) is 2.31. The number of carbonyl (C=O) groups is 1. The van der Waals surface area contributed by atoms with Crippen LogP contribution < -0.4 is 15.8 Å². The van der Waals surface area contributed by atoms with Crippen LogP contribution >= 0.6 is 0 Å². The summed E-state index contributed by atoms with van der Waals surface area (Å²) in [4.78, 5) is 12.1. The van der Waals surface area contributed by atoms with Gasteiger partial charge in [-0.3, -0.25) is 4.79 Å².